The van der Waals surface area contributed by atoms with E-state index in [2.05, 4.69) is 10.6 Å². The average Bonchev–Trinajstić information content (AvgIpc) is 3.02. The smallest absolute Gasteiger partial charge is 0.260 e. The lowest BCUT2D eigenvalue weighted by atomic mass is 10.2. The van der Waals surface area contributed by atoms with Crippen LogP contribution in [0.3, 0.4) is 0 Å². The number of anilines is 1. The van der Waals surface area contributed by atoms with E-state index in [0.29, 0.717) is 22.8 Å². The van der Waals surface area contributed by atoms with Crippen molar-refractivity contribution in [1.82, 2.24) is 5.32 Å². The summed E-state index contributed by atoms with van der Waals surface area (Å²) in [4.78, 5) is 12.1. The fraction of sp³-hybridized carbons (Fsp3) is 0.0526. The Kier molecular flexibility index (Phi) is 5.11. The molecule has 5 nitrogen and oxygen atoms in total. The third-order valence-corrected chi connectivity index (χ3v) is 3.61. The maximum absolute atomic E-state index is 12.1. The highest BCUT2D eigenvalue weighted by molar-refractivity contribution is 7.80. The molecule has 1 amide bonds. The first kappa shape index (κ1) is 16.7. The Hall–Kier alpha value is -3.12. The number of benzene rings is 2. The molecular weight excluding hydrogens is 336 g/mol. The van der Waals surface area contributed by atoms with Crippen molar-refractivity contribution < 1.29 is 13.9 Å². The lowest BCUT2D eigenvalue weighted by Crippen LogP contribution is -2.34. The van der Waals surface area contributed by atoms with Crippen LogP contribution in [0.1, 0.15) is 16.1 Å². The van der Waals surface area contributed by atoms with Gasteiger partial charge in [-0.15, -0.1) is 0 Å². The van der Waals surface area contributed by atoms with Crippen LogP contribution in [0.4, 0.5) is 5.69 Å². The summed E-state index contributed by atoms with van der Waals surface area (Å²) in [5, 5.41) is 5.79. The molecule has 0 aliphatic heterocycles. The van der Waals surface area contributed by atoms with Crippen LogP contribution in [-0.2, 0) is 0 Å². The second-order valence-corrected chi connectivity index (χ2v) is 5.65. The Labute approximate surface area is 150 Å². The maximum atomic E-state index is 12.1. The Morgan fingerprint density at radius 1 is 1.04 bits per heavy atom. The SMILES string of the molecule is Cc1occc1C(=O)NC(=S)Nc1cccc(Oc2ccccc2)c1. The van der Waals surface area contributed by atoms with Gasteiger partial charge in [-0.2, -0.15) is 0 Å². The van der Waals surface area contributed by atoms with Crippen molar-refractivity contribution in [3.63, 3.8) is 0 Å². The molecule has 126 valence electrons. The van der Waals surface area contributed by atoms with Crippen LogP contribution >= 0.6 is 12.2 Å². The molecule has 0 radical (unpaired) electrons. The highest BCUT2D eigenvalue weighted by Gasteiger charge is 2.12. The number of ether oxygens (including phenoxy) is 1. The van der Waals surface area contributed by atoms with Crippen LogP contribution in [0.15, 0.2) is 71.3 Å². The lowest BCUT2D eigenvalue weighted by Gasteiger charge is -2.11. The summed E-state index contributed by atoms with van der Waals surface area (Å²) in [5.74, 6) is 1.63. The van der Waals surface area contributed by atoms with E-state index in [1.807, 2.05) is 48.5 Å². The van der Waals surface area contributed by atoms with Crippen molar-refractivity contribution in [1.29, 1.82) is 0 Å². The van der Waals surface area contributed by atoms with Crippen LogP contribution in [0, 0.1) is 6.92 Å². The maximum Gasteiger partial charge on any atom is 0.260 e. The molecule has 2 aromatic carbocycles. The molecule has 2 N–H and O–H groups in total. The van der Waals surface area contributed by atoms with Crippen LogP contribution in [0.2, 0.25) is 0 Å². The lowest BCUT2D eigenvalue weighted by molar-refractivity contribution is 0.0976. The van der Waals surface area contributed by atoms with E-state index in [-0.39, 0.29) is 11.0 Å². The van der Waals surface area contributed by atoms with Gasteiger partial charge in [0.25, 0.3) is 5.91 Å². The second kappa shape index (κ2) is 7.63. The standard InChI is InChI=1S/C19H16N2O3S/c1-13-17(10-11-23-13)18(22)21-19(25)20-14-6-5-9-16(12-14)24-15-7-3-2-4-8-15/h2-12H,1H3,(H2,20,21,22,25). The number of para-hydroxylation sites is 1. The summed E-state index contributed by atoms with van der Waals surface area (Å²) >= 11 is 5.19. The van der Waals surface area contributed by atoms with E-state index in [4.69, 9.17) is 21.4 Å². The molecule has 3 rings (SSSR count). The average molecular weight is 352 g/mol. The predicted molar refractivity (Wildman–Crippen MR) is 100 cm³/mol. The minimum absolute atomic E-state index is 0.197. The van der Waals surface area contributed by atoms with Crippen LogP contribution in [0.25, 0.3) is 0 Å². The molecule has 1 heterocycles. The molecule has 0 aliphatic carbocycles. The van der Waals surface area contributed by atoms with Gasteiger partial charge in [0.15, 0.2) is 5.11 Å². The third kappa shape index (κ3) is 4.45. The zero-order valence-corrected chi connectivity index (χ0v) is 14.3. The molecule has 0 atom stereocenters. The van der Waals surface area contributed by atoms with Gasteiger partial charge in [0.2, 0.25) is 0 Å². The van der Waals surface area contributed by atoms with Crippen molar-refractivity contribution >= 4 is 28.9 Å². The molecular formula is C19H16N2O3S. The highest BCUT2D eigenvalue weighted by atomic mass is 32.1. The fourth-order valence-electron chi connectivity index (χ4n) is 2.22. The second-order valence-electron chi connectivity index (χ2n) is 5.24. The highest BCUT2D eigenvalue weighted by Crippen LogP contribution is 2.23. The third-order valence-electron chi connectivity index (χ3n) is 3.40. The van der Waals surface area contributed by atoms with Gasteiger partial charge in [-0.25, -0.2) is 0 Å². The zero-order chi connectivity index (χ0) is 17.6. The molecule has 3 aromatic rings. The first-order valence-electron chi connectivity index (χ1n) is 7.61. The topological polar surface area (TPSA) is 63.5 Å². The van der Waals surface area contributed by atoms with Crippen molar-refractivity contribution in [3.8, 4) is 11.5 Å². The van der Waals surface area contributed by atoms with Gasteiger partial charge >= 0.3 is 0 Å². The minimum Gasteiger partial charge on any atom is -0.469 e. The largest absolute Gasteiger partial charge is 0.469 e. The van der Waals surface area contributed by atoms with Gasteiger partial charge in [0.05, 0.1) is 11.8 Å². The number of carbonyl (C=O) groups is 1. The summed E-state index contributed by atoms with van der Waals surface area (Å²) in [6.45, 7) is 1.72. The quantitative estimate of drug-likeness (QED) is 0.677. The molecule has 0 unspecified atom stereocenters. The van der Waals surface area contributed by atoms with E-state index >= 15 is 0 Å². The van der Waals surface area contributed by atoms with Crippen molar-refractivity contribution in [2.24, 2.45) is 0 Å². The van der Waals surface area contributed by atoms with E-state index in [1.54, 1.807) is 19.1 Å². The van der Waals surface area contributed by atoms with Gasteiger partial charge in [-0.3, -0.25) is 10.1 Å². The number of hydrogen-bond donors (Lipinski definition) is 2. The predicted octanol–water partition coefficient (Wildman–Crippen LogP) is 4.51. The molecule has 0 saturated carbocycles. The van der Waals surface area contributed by atoms with E-state index < -0.39 is 0 Å². The molecule has 25 heavy (non-hydrogen) atoms. The number of thiocarbonyl (C=S) groups is 1. The van der Waals surface area contributed by atoms with Crippen molar-refractivity contribution in [2.45, 2.75) is 6.92 Å². The van der Waals surface area contributed by atoms with Crippen molar-refractivity contribution in [2.75, 3.05) is 5.32 Å². The fourth-order valence-corrected chi connectivity index (χ4v) is 2.43. The Morgan fingerprint density at radius 2 is 1.80 bits per heavy atom. The van der Waals surface area contributed by atoms with Gasteiger partial charge < -0.3 is 14.5 Å². The van der Waals surface area contributed by atoms with Crippen LogP contribution in [0.5, 0.6) is 11.5 Å². The summed E-state index contributed by atoms with van der Waals surface area (Å²) in [6, 6.07) is 18.4. The summed E-state index contributed by atoms with van der Waals surface area (Å²) in [5.41, 5.74) is 1.16. The van der Waals surface area contributed by atoms with Gasteiger partial charge in [0.1, 0.15) is 17.3 Å². The van der Waals surface area contributed by atoms with Crippen molar-refractivity contribution in [3.05, 3.63) is 78.3 Å². The number of hydrogen-bond acceptors (Lipinski definition) is 4. The molecule has 6 heteroatoms. The molecule has 0 aliphatic rings. The monoisotopic (exact) mass is 352 g/mol. The molecule has 0 fully saturated rings. The van der Waals surface area contributed by atoms with Gasteiger partial charge in [-0.05, 0) is 49.5 Å². The summed E-state index contributed by atoms with van der Waals surface area (Å²) in [6.07, 6.45) is 1.46. The van der Waals surface area contributed by atoms with E-state index in [1.165, 1.54) is 6.26 Å². The summed E-state index contributed by atoms with van der Waals surface area (Å²) in [7, 11) is 0. The van der Waals surface area contributed by atoms with Gasteiger partial charge in [-0.1, -0.05) is 24.3 Å². The van der Waals surface area contributed by atoms with Crippen LogP contribution in [-0.4, -0.2) is 11.0 Å². The Bertz CT molecular complexity index is 890. The first-order valence-corrected chi connectivity index (χ1v) is 8.02. The number of nitrogens with one attached hydrogen (secondary N) is 2. The first-order chi connectivity index (χ1) is 12.1. The number of amides is 1. The number of rotatable bonds is 4. The van der Waals surface area contributed by atoms with Crippen LogP contribution < -0.4 is 15.4 Å². The molecule has 0 bridgehead atoms. The Balaban J connectivity index is 1.63. The van der Waals surface area contributed by atoms with E-state index in [9.17, 15) is 4.79 Å². The summed E-state index contributed by atoms with van der Waals surface area (Å²) < 4.78 is 10.9. The number of carbonyl (C=O) groups excluding carboxylic acids is 1. The Morgan fingerprint density at radius 3 is 2.52 bits per heavy atom. The number of aryl methyl sites for hydroxylation is 1. The minimum atomic E-state index is -0.319. The normalized spacial score (nSPS) is 10.1. The van der Waals surface area contributed by atoms with E-state index in [0.717, 1.165) is 5.75 Å². The molecule has 0 saturated heterocycles. The molecule has 1 aromatic heterocycles. The molecule has 0 spiro atoms. The zero-order valence-electron chi connectivity index (χ0n) is 13.5. The van der Waals surface area contributed by atoms with Gasteiger partial charge in [0, 0.05) is 11.8 Å². The number of furan rings is 1.